The van der Waals surface area contributed by atoms with Gasteiger partial charge in [0, 0.05) is 19.6 Å². The molecule has 2 atom stereocenters. The molecule has 0 amide bonds. The molecule has 2 saturated heterocycles. The summed E-state index contributed by atoms with van der Waals surface area (Å²) in [5.74, 6) is 1.82. The van der Waals surface area contributed by atoms with Crippen molar-refractivity contribution < 1.29 is 8.42 Å². The van der Waals surface area contributed by atoms with Gasteiger partial charge in [-0.25, -0.2) is 8.42 Å². The second-order valence-corrected chi connectivity index (χ2v) is 8.03. The molecule has 0 unspecified atom stereocenters. The molecule has 0 spiro atoms. The molecule has 102 valence electrons. The first-order chi connectivity index (χ1) is 7.49. The Bertz CT molecular complexity index is 333. The van der Waals surface area contributed by atoms with Gasteiger partial charge in [0.05, 0.1) is 11.0 Å². The summed E-state index contributed by atoms with van der Waals surface area (Å²) in [4.78, 5) is 2.32. The van der Waals surface area contributed by atoms with Crippen LogP contribution in [0.4, 0.5) is 0 Å². The molecule has 6 heteroatoms. The average Bonchev–Trinajstić information content (AvgIpc) is 2.73. The number of likely N-dealkylation sites (tertiary alicyclic amines) is 1. The number of hydrogen-bond acceptors (Lipinski definition) is 4. The maximum Gasteiger partial charge on any atom is 0.153 e. The lowest BCUT2D eigenvalue weighted by atomic mass is 10.0. The molecule has 1 N–H and O–H groups in total. The van der Waals surface area contributed by atoms with Crippen LogP contribution < -0.4 is 5.32 Å². The maximum atomic E-state index is 11.7. The summed E-state index contributed by atoms with van der Waals surface area (Å²) in [6.45, 7) is 8.61. The fourth-order valence-electron chi connectivity index (χ4n) is 2.63. The number of fused-ring (bicyclic) bond motifs is 1. The lowest BCUT2D eigenvalue weighted by molar-refractivity contribution is 0.331. The molecule has 2 rings (SSSR count). The fourth-order valence-corrected chi connectivity index (χ4v) is 3.61. The number of nitrogens with one attached hydrogen (secondary N) is 1. The molecule has 2 heterocycles. The van der Waals surface area contributed by atoms with Crippen LogP contribution in [-0.4, -0.2) is 57.0 Å². The van der Waals surface area contributed by atoms with Crippen molar-refractivity contribution in [1.29, 1.82) is 0 Å². The van der Waals surface area contributed by atoms with E-state index in [2.05, 4.69) is 10.2 Å². The van der Waals surface area contributed by atoms with E-state index in [-0.39, 0.29) is 17.7 Å². The van der Waals surface area contributed by atoms with Crippen LogP contribution in [-0.2, 0) is 9.84 Å². The second kappa shape index (κ2) is 5.87. The van der Waals surface area contributed by atoms with E-state index in [9.17, 15) is 8.42 Å². The largest absolute Gasteiger partial charge is 0.316 e. The highest BCUT2D eigenvalue weighted by Gasteiger charge is 2.36. The number of rotatable bonds is 4. The van der Waals surface area contributed by atoms with Crippen molar-refractivity contribution in [1.82, 2.24) is 10.2 Å². The SMILES string of the molecule is CC(C)S(=O)(=O)CCN1C[C@H]2CNC[C@H]2C1.Cl. The summed E-state index contributed by atoms with van der Waals surface area (Å²) in [5.41, 5.74) is 0. The van der Waals surface area contributed by atoms with Gasteiger partial charge in [0.1, 0.15) is 0 Å². The van der Waals surface area contributed by atoms with E-state index < -0.39 is 9.84 Å². The standard InChI is InChI=1S/C11H22N2O2S.ClH/c1-9(2)16(14,15)4-3-13-7-10-5-12-6-11(10)8-13;/h9-12H,3-8H2,1-2H3;1H/t10-,11+;. The Morgan fingerprint density at radius 1 is 1.24 bits per heavy atom. The second-order valence-electron chi connectivity index (χ2n) is 5.35. The van der Waals surface area contributed by atoms with E-state index in [1.165, 1.54) is 0 Å². The molecule has 17 heavy (non-hydrogen) atoms. The van der Waals surface area contributed by atoms with Crippen LogP contribution in [0.15, 0.2) is 0 Å². The molecule has 0 aromatic carbocycles. The highest BCUT2D eigenvalue weighted by molar-refractivity contribution is 7.92. The zero-order chi connectivity index (χ0) is 11.8. The molecule has 0 aliphatic carbocycles. The van der Waals surface area contributed by atoms with Gasteiger partial charge in [-0.15, -0.1) is 12.4 Å². The van der Waals surface area contributed by atoms with Crippen molar-refractivity contribution in [3.05, 3.63) is 0 Å². The smallest absolute Gasteiger partial charge is 0.153 e. The summed E-state index contributed by atoms with van der Waals surface area (Å²) in [5, 5.41) is 3.15. The fraction of sp³-hybridized carbons (Fsp3) is 1.00. The number of halogens is 1. The molecule has 2 fully saturated rings. The predicted molar refractivity (Wildman–Crippen MR) is 72.5 cm³/mol. The first kappa shape index (κ1) is 15.2. The van der Waals surface area contributed by atoms with Crippen LogP contribution in [0.1, 0.15) is 13.8 Å². The maximum absolute atomic E-state index is 11.7. The zero-order valence-electron chi connectivity index (χ0n) is 10.6. The summed E-state index contributed by atoms with van der Waals surface area (Å²) in [6, 6.07) is 0. The minimum Gasteiger partial charge on any atom is -0.316 e. The lowest BCUT2D eigenvalue weighted by Crippen LogP contribution is -2.32. The van der Waals surface area contributed by atoms with Crippen molar-refractivity contribution in [2.24, 2.45) is 11.8 Å². The number of nitrogens with zero attached hydrogens (tertiary/aromatic N) is 1. The van der Waals surface area contributed by atoms with Gasteiger partial charge in [-0.05, 0) is 38.8 Å². The zero-order valence-corrected chi connectivity index (χ0v) is 12.2. The number of sulfone groups is 1. The Labute approximate surface area is 110 Å². The summed E-state index contributed by atoms with van der Waals surface area (Å²) in [6.07, 6.45) is 0. The molecule has 0 bridgehead atoms. The summed E-state index contributed by atoms with van der Waals surface area (Å²) >= 11 is 0. The third-order valence-electron chi connectivity index (χ3n) is 3.88. The van der Waals surface area contributed by atoms with Gasteiger partial charge in [-0.1, -0.05) is 0 Å². The van der Waals surface area contributed by atoms with E-state index in [0.717, 1.165) is 38.0 Å². The van der Waals surface area contributed by atoms with E-state index >= 15 is 0 Å². The molecular weight excluding hydrogens is 260 g/mol. The first-order valence-corrected chi connectivity index (χ1v) is 7.85. The van der Waals surface area contributed by atoms with Crippen molar-refractivity contribution in [3.63, 3.8) is 0 Å². The Morgan fingerprint density at radius 2 is 1.76 bits per heavy atom. The van der Waals surface area contributed by atoms with E-state index in [0.29, 0.717) is 12.3 Å². The highest BCUT2D eigenvalue weighted by Crippen LogP contribution is 2.25. The van der Waals surface area contributed by atoms with Gasteiger partial charge >= 0.3 is 0 Å². The monoisotopic (exact) mass is 282 g/mol. The van der Waals surface area contributed by atoms with E-state index in [1.54, 1.807) is 13.8 Å². The van der Waals surface area contributed by atoms with Crippen LogP contribution in [0, 0.1) is 11.8 Å². The van der Waals surface area contributed by atoms with Crippen LogP contribution in [0.25, 0.3) is 0 Å². The first-order valence-electron chi connectivity index (χ1n) is 6.13. The van der Waals surface area contributed by atoms with E-state index in [4.69, 9.17) is 0 Å². The van der Waals surface area contributed by atoms with Gasteiger partial charge < -0.3 is 10.2 Å². The van der Waals surface area contributed by atoms with Crippen molar-refractivity contribution in [2.45, 2.75) is 19.1 Å². The Balaban J connectivity index is 0.00000144. The third-order valence-corrected chi connectivity index (χ3v) is 6.06. The Morgan fingerprint density at radius 3 is 2.24 bits per heavy atom. The molecule has 0 aromatic rings. The van der Waals surface area contributed by atoms with Crippen LogP contribution >= 0.6 is 12.4 Å². The normalized spacial score (nSPS) is 29.4. The molecule has 0 aromatic heterocycles. The summed E-state index contributed by atoms with van der Waals surface area (Å²) < 4.78 is 23.4. The third kappa shape index (κ3) is 3.56. The topological polar surface area (TPSA) is 49.4 Å². The highest BCUT2D eigenvalue weighted by atomic mass is 35.5. The number of hydrogen-bond donors (Lipinski definition) is 1. The molecule has 4 nitrogen and oxygen atoms in total. The Kier molecular flexibility index (Phi) is 5.25. The van der Waals surface area contributed by atoms with Gasteiger partial charge in [0.2, 0.25) is 0 Å². The molecular formula is C11H23ClN2O2S. The molecule has 2 aliphatic rings. The van der Waals surface area contributed by atoms with Gasteiger partial charge in [-0.3, -0.25) is 0 Å². The molecule has 2 aliphatic heterocycles. The lowest BCUT2D eigenvalue weighted by Gasteiger charge is -2.17. The molecule has 0 radical (unpaired) electrons. The molecule has 0 saturated carbocycles. The van der Waals surface area contributed by atoms with Crippen molar-refractivity contribution in [2.75, 3.05) is 38.5 Å². The average molecular weight is 283 g/mol. The van der Waals surface area contributed by atoms with Gasteiger partial charge in [0.25, 0.3) is 0 Å². The predicted octanol–water partition coefficient (Wildman–Crippen LogP) is 0.383. The Hall–Kier alpha value is 0.160. The van der Waals surface area contributed by atoms with Crippen molar-refractivity contribution >= 4 is 22.2 Å². The van der Waals surface area contributed by atoms with Gasteiger partial charge in [-0.2, -0.15) is 0 Å². The van der Waals surface area contributed by atoms with Crippen LogP contribution in [0.3, 0.4) is 0 Å². The van der Waals surface area contributed by atoms with Crippen molar-refractivity contribution in [3.8, 4) is 0 Å². The van der Waals surface area contributed by atoms with Crippen LogP contribution in [0.5, 0.6) is 0 Å². The summed E-state index contributed by atoms with van der Waals surface area (Å²) in [7, 11) is -2.87. The van der Waals surface area contributed by atoms with Gasteiger partial charge in [0.15, 0.2) is 9.84 Å². The van der Waals surface area contributed by atoms with E-state index in [1.807, 2.05) is 0 Å². The minimum absolute atomic E-state index is 0. The van der Waals surface area contributed by atoms with Crippen LogP contribution in [0.2, 0.25) is 0 Å². The minimum atomic E-state index is -2.87. The quantitative estimate of drug-likeness (QED) is 0.810.